The van der Waals surface area contributed by atoms with E-state index in [2.05, 4.69) is 10.5 Å². The predicted octanol–water partition coefficient (Wildman–Crippen LogP) is 3.70. The fourth-order valence-electron chi connectivity index (χ4n) is 1.99. The van der Waals surface area contributed by atoms with E-state index in [-0.39, 0.29) is 5.91 Å². The number of halogens is 1. The Hall–Kier alpha value is -2.33. The molecule has 0 unspecified atom stereocenters. The van der Waals surface area contributed by atoms with Crippen molar-refractivity contribution in [1.82, 2.24) is 5.43 Å². The van der Waals surface area contributed by atoms with Gasteiger partial charge in [-0.25, -0.2) is 5.43 Å². The number of benzene rings is 2. The number of amides is 1. The lowest BCUT2D eigenvalue weighted by atomic mass is 10.1. The molecule has 4 nitrogen and oxygen atoms in total. The molecule has 0 fully saturated rings. The second kappa shape index (κ2) is 7.61. The van der Waals surface area contributed by atoms with E-state index >= 15 is 0 Å². The van der Waals surface area contributed by atoms with Crippen molar-refractivity contribution < 1.29 is 9.53 Å². The molecule has 0 bridgehead atoms. The highest BCUT2D eigenvalue weighted by atomic mass is 35.5. The largest absolute Gasteiger partial charge is 0.496 e. The molecule has 0 aliphatic heterocycles. The standard InChI is InChI=1S/C17H17ClN2O2/c1-12(10-13-6-4-3-5-7-13)19-20-17(21)15-11-14(18)8-9-16(15)22-2/h3-9,11H,10H2,1-2H3,(H,20,21)/b19-12+. The van der Waals surface area contributed by atoms with Gasteiger partial charge in [0.1, 0.15) is 5.75 Å². The molecular formula is C17H17ClN2O2. The molecule has 0 atom stereocenters. The van der Waals surface area contributed by atoms with Crippen molar-refractivity contribution in [3.05, 3.63) is 64.7 Å². The molecule has 2 aromatic carbocycles. The molecule has 0 spiro atoms. The van der Waals surface area contributed by atoms with Gasteiger partial charge in [0.05, 0.1) is 12.7 Å². The Morgan fingerprint density at radius 3 is 2.64 bits per heavy atom. The third kappa shape index (κ3) is 4.33. The summed E-state index contributed by atoms with van der Waals surface area (Å²) in [6.07, 6.45) is 0.674. The summed E-state index contributed by atoms with van der Waals surface area (Å²) in [7, 11) is 1.50. The van der Waals surface area contributed by atoms with Crippen LogP contribution in [0.4, 0.5) is 0 Å². The van der Waals surface area contributed by atoms with Gasteiger partial charge in [0.15, 0.2) is 0 Å². The number of ether oxygens (including phenoxy) is 1. The molecule has 0 aliphatic carbocycles. The van der Waals surface area contributed by atoms with E-state index in [1.54, 1.807) is 18.2 Å². The van der Waals surface area contributed by atoms with Crippen molar-refractivity contribution in [2.24, 2.45) is 5.10 Å². The van der Waals surface area contributed by atoms with Crippen LogP contribution in [0.3, 0.4) is 0 Å². The van der Waals surface area contributed by atoms with Crippen LogP contribution in [0.1, 0.15) is 22.8 Å². The Labute approximate surface area is 134 Å². The zero-order chi connectivity index (χ0) is 15.9. The molecule has 0 aromatic heterocycles. The Balaban J connectivity index is 2.06. The summed E-state index contributed by atoms with van der Waals surface area (Å²) in [6.45, 7) is 1.86. The SMILES string of the molecule is COc1ccc(Cl)cc1C(=O)N/N=C(\C)Cc1ccccc1. The summed E-state index contributed by atoms with van der Waals surface area (Å²) in [5.41, 5.74) is 4.83. The van der Waals surface area contributed by atoms with Crippen molar-refractivity contribution >= 4 is 23.2 Å². The van der Waals surface area contributed by atoms with Crippen molar-refractivity contribution in [3.63, 3.8) is 0 Å². The van der Waals surface area contributed by atoms with Crippen molar-refractivity contribution in [1.29, 1.82) is 0 Å². The summed E-state index contributed by atoms with van der Waals surface area (Å²) in [5.74, 6) is 0.101. The van der Waals surface area contributed by atoms with Crippen LogP contribution in [-0.4, -0.2) is 18.7 Å². The molecule has 114 valence electrons. The Morgan fingerprint density at radius 2 is 1.95 bits per heavy atom. The molecule has 0 aliphatic rings. The van der Waals surface area contributed by atoms with Crippen LogP contribution in [0.5, 0.6) is 5.75 Å². The van der Waals surface area contributed by atoms with Gasteiger partial charge in [0.2, 0.25) is 0 Å². The van der Waals surface area contributed by atoms with E-state index in [0.29, 0.717) is 22.8 Å². The number of hydrazone groups is 1. The average Bonchev–Trinajstić information content (AvgIpc) is 2.53. The molecule has 22 heavy (non-hydrogen) atoms. The summed E-state index contributed by atoms with van der Waals surface area (Å²) >= 11 is 5.92. The number of nitrogens with one attached hydrogen (secondary N) is 1. The van der Waals surface area contributed by atoms with E-state index in [1.807, 2.05) is 37.3 Å². The third-order valence-electron chi connectivity index (χ3n) is 3.06. The highest BCUT2D eigenvalue weighted by Gasteiger charge is 2.12. The van der Waals surface area contributed by atoms with Crippen LogP contribution in [0.25, 0.3) is 0 Å². The van der Waals surface area contributed by atoms with Crippen LogP contribution in [0.15, 0.2) is 53.6 Å². The summed E-state index contributed by atoms with van der Waals surface area (Å²) in [6, 6.07) is 14.8. The van der Waals surface area contributed by atoms with E-state index in [9.17, 15) is 4.79 Å². The third-order valence-corrected chi connectivity index (χ3v) is 3.29. The average molecular weight is 317 g/mol. The maximum atomic E-state index is 12.2. The summed E-state index contributed by atoms with van der Waals surface area (Å²) < 4.78 is 5.16. The van der Waals surface area contributed by atoms with E-state index < -0.39 is 0 Å². The van der Waals surface area contributed by atoms with Crippen LogP contribution >= 0.6 is 11.6 Å². The molecule has 2 rings (SSSR count). The van der Waals surface area contributed by atoms with Crippen LogP contribution < -0.4 is 10.2 Å². The zero-order valence-corrected chi connectivity index (χ0v) is 13.2. The van der Waals surface area contributed by atoms with Gasteiger partial charge in [0.25, 0.3) is 5.91 Å². The lowest BCUT2D eigenvalue weighted by Crippen LogP contribution is -2.20. The Morgan fingerprint density at radius 1 is 1.23 bits per heavy atom. The van der Waals surface area contributed by atoms with Crippen LogP contribution in [-0.2, 0) is 6.42 Å². The first-order chi connectivity index (χ1) is 10.6. The second-order valence-electron chi connectivity index (χ2n) is 4.79. The lowest BCUT2D eigenvalue weighted by molar-refractivity contribution is 0.0951. The maximum absolute atomic E-state index is 12.2. The fourth-order valence-corrected chi connectivity index (χ4v) is 2.17. The highest BCUT2D eigenvalue weighted by molar-refractivity contribution is 6.31. The molecule has 1 amide bonds. The minimum Gasteiger partial charge on any atom is -0.496 e. The van der Waals surface area contributed by atoms with E-state index in [1.165, 1.54) is 7.11 Å². The first-order valence-corrected chi connectivity index (χ1v) is 7.19. The minimum atomic E-state index is -0.355. The lowest BCUT2D eigenvalue weighted by Gasteiger charge is -2.08. The highest BCUT2D eigenvalue weighted by Crippen LogP contribution is 2.22. The first-order valence-electron chi connectivity index (χ1n) is 6.81. The monoisotopic (exact) mass is 316 g/mol. The number of nitrogens with zero attached hydrogens (tertiary/aromatic N) is 1. The maximum Gasteiger partial charge on any atom is 0.275 e. The number of rotatable bonds is 5. The van der Waals surface area contributed by atoms with Gasteiger partial charge >= 0.3 is 0 Å². The van der Waals surface area contributed by atoms with Gasteiger partial charge in [-0.3, -0.25) is 4.79 Å². The number of carbonyl (C=O) groups is 1. The normalized spacial score (nSPS) is 11.1. The number of methoxy groups -OCH3 is 1. The Kier molecular flexibility index (Phi) is 5.55. The van der Waals surface area contributed by atoms with Crippen molar-refractivity contribution in [2.45, 2.75) is 13.3 Å². The molecule has 0 heterocycles. The van der Waals surface area contributed by atoms with Gasteiger partial charge in [-0.1, -0.05) is 41.9 Å². The molecule has 0 saturated carbocycles. The quantitative estimate of drug-likeness (QED) is 0.675. The first kappa shape index (κ1) is 16.0. The Bertz CT molecular complexity index is 684. The van der Waals surface area contributed by atoms with Crippen LogP contribution in [0.2, 0.25) is 5.02 Å². The fraction of sp³-hybridized carbons (Fsp3) is 0.176. The summed E-state index contributed by atoms with van der Waals surface area (Å²) in [4.78, 5) is 12.2. The molecule has 0 radical (unpaired) electrons. The zero-order valence-electron chi connectivity index (χ0n) is 12.5. The second-order valence-corrected chi connectivity index (χ2v) is 5.23. The van der Waals surface area contributed by atoms with Gasteiger partial charge < -0.3 is 4.74 Å². The predicted molar refractivity (Wildman–Crippen MR) is 88.7 cm³/mol. The summed E-state index contributed by atoms with van der Waals surface area (Å²) in [5, 5.41) is 4.59. The van der Waals surface area contributed by atoms with Gasteiger partial charge in [-0.2, -0.15) is 5.10 Å². The van der Waals surface area contributed by atoms with Crippen LogP contribution in [0, 0.1) is 0 Å². The number of hydrogen-bond acceptors (Lipinski definition) is 3. The van der Waals surface area contributed by atoms with E-state index in [0.717, 1.165) is 11.3 Å². The minimum absolute atomic E-state index is 0.353. The smallest absolute Gasteiger partial charge is 0.275 e. The molecule has 1 N–H and O–H groups in total. The number of carbonyl (C=O) groups excluding carboxylic acids is 1. The van der Waals surface area contributed by atoms with Crippen molar-refractivity contribution in [3.8, 4) is 5.75 Å². The number of hydrogen-bond donors (Lipinski definition) is 1. The molecule has 2 aromatic rings. The molecular weight excluding hydrogens is 300 g/mol. The van der Waals surface area contributed by atoms with Gasteiger partial charge in [0, 0.05) is 17.2 Å². The molecule has 0 saturated heterocycles. The molecule has 5 heteroatoms. The van der Waals surface area contributed by atoms with Crippen molar-refractivity contribution in [2.75, 3.05) is 7.11 Å². The van der Waals surface area contributed by atoms with Gasteiger partial charge in [-0.15, -0.1) is 0 Å². The van der Waals surface area contributed by atoms with E-state index in [4.69, 9.17) is 16.3 Å². The van der Waals surface area contributed by atoms with Gasteiger partial charge in [-0.05, 0) is 30.7 Å². The topological polar surface area (TPSA) is 50.7 Å².